The molecule has 0 saturated carbocycles. The first kappa shape index (κ1) is 17.7. The number of hydrogen-bond donors (Lipinski definition) is 1. The van der Waals surface area contributed by atoms with E-state index in [0.717, 1.165) is 0 Å². The maximum Gasteiger partial charge on any atom is 0.244 e. The molecule has 0 spiro atoms. The zero-order valence-corrected chi connectivity index (χ0v) is 14.4. The van der Waals surface area contributed by atoms with Gasteiger partial charge in [0.15, 0.2) is 0 Å². The molecule has 1 rings (SSSR count). The first-order chi connectivity index (χ1) is 9.20. The average Bonchev–Trinajstić information content (AvgIpc) is 2.31. The Bertz CT molecular complexity index is 574. The van der Waals surface area contributed by atoms with Gasteiger partial charge in [-0.2, -0.15) is 0 Å². The fraction of sp³-hybridized carbons (Fsp3) is 0.538. The number of hydrogen-bond acceptors (Lipinski definition) is 3. The molecule has 1 aromatic carbocycles. The maximum absolute atomic E-state index is 12.5. The number of halogens is 2. The van der Waals surface area contributed by atoms with Gasteiger partial charge in [-0.25, -0.2) is 12.7 Å². The van der Waals surface area contributed by atoms with E-state index in [4.69, 9.17) is 23.2 Å². The topological polar surface area (TPSA) is 49.4 Å². The van der Waals surface area contributed by atoms with Crippen molar-refractivity contribution in [2.75, 3.05) is 20.6 Å². The van der Waals surface area contributed by atoms with Crippen LogP contribution in [0.5, 0.6) is 0 Å². The van der Waals surface area contributed by atoms with Crippen molar-refractivity contribution < 1.29 is 8.42 Å². The molecule has 0 radical (unpaired) electrons. The molecule has 0 aliphatic rings. The third-order valence-electron chi connectivity index (χ3n) is 2.78. The van der Waals surface area contributed by atoms with E-state index in [1.807, 2.05) is 13.8 Å². The van der Waals surface area contributed by atoms with Gasteiger partial charge in [0.2, 0.25) is 10.0 Å². The van der Waals surface area contributed by atoms with Crippen LogP contribution in [0.2, 0.25) is 10.0 Å². The summed E-state index contributed by atoms with van der Waals surface area (Å²) in [5.41, 5.74) is 0.704. The summed E-state index contributed by atoms with van der Waals surface area (Å²) < 4.78 is 26.4. The molecule has 20 heavy (non-hydrogen) atoms. The van der Waals surface area contributed by atoms with E-state index in [2.05, 4.69) is 5.32 Å². The molecule has 0 aliphatic carbocycles. The zero-order valence-electron chi connectivity index (χ0n) is 12.1. The van der Waals surface area contributed by atoms with E-state index in [-0.39, 0.29) is 15.8 Å². The van der Waals surface area contributed by atoms with Gasteiger partial charge in [-0.3, -0.25) is 0 Å². The minimum atomic E-state index is -3.61. The summed E-state index contributed by atoms with van der Waals surface area (Å²) in [5.74, 6) is 0.234. The van der Waals surface area contributed by atoms with Gasteiger partial charge >= 0.3 is 0 Å². The van der Waals surface area contributed by atoms with E-state index in [1.165, 1.54) is 16.4 Å². The SMILES string of the molecule is CNCc1cc(S(=O)(=O)N(C)CC(C)C)c(Cl)cc1Cl. The van der Waals surface area contributed by atoms with Gasteiger partial charge in [-0.1, -0.05) is 37.0 Å². The molecule has 0 unspecified atom stereocenters. The van der Waals surface area contributed by atoms with Gasteiger partial charge in [0.25, 0.3) is 0 Å². The number of rotatable bonds is 6. The predicted octanol–water partition coefficient (Wildman–Crippen LogP) is 2.99. The second-order valence-corrected chi connectivity index (χ2v) is 7.91. The summed E-state index contributed by atoms with van der Waals surface area (Å²) >= 11 is 12.1. The Morgan fingerprint density at radius 2 is 1.85 bits per heavy atom. The smallest absolute Gasteiger partial charge is 0.244 e. The van der Waals surface area contributed by atoms with Crippen LogP contribution in [0.25, 0.3) is 0 Å². The van der Waals surface area contributed by atoms with Gasteiger partial charge < -0.3 is 5.32 Å². The summed E-state index contributed by atoms with van der Waals surface area (Å²) in [6, 6.07) is 3.01. The van der Waals surface area contributed by atoms with Crippen LogP contribution in [0.1, 0.15) is 19.4 Å². The second kappa shape index (κ2) is 7.09. The first-order valence-electron chi connectivity index (χ1n) is 6.29. The van der Waals surface area contributed by atoms with Gasteiger partial charge in [-0.05, 0) is 30.7 Å². The van der Waals surface area contributed by atoms with E-state index in [9.17, 15) is 8.42 Å². The third-order valence-corrected chi connectivity index (χ3v) is 5.42. The lowest BCUT2D eigenvalue weighted by Gasteiger charge is -2.20. The lowest BCUT2D eigenvalue weighted by atomic mass is 10.2. The molecule has 1 aromatic rings. The van der Waals surface area contributed by atoms with Crippen LogP contribution < -0.4 is 5.32 Å². The Hall–Kier alpha value is -0.330. The lowest BCUT2D eigenvalue weighted by Crippen LogP contribution is -2.30. The molecule has 0 heterocycles. The molecule has 114 valence electrons. The Morgan fingerprint density at radius 3 is 2.35 bits per heavy atom. The van der Waals surface area contributed by atoms with Crippen molar-refractivity contribution in [1.82, 2.24) is 9.62 Å². The predicted molar refractivity (Wildman–Crippen MR) is 83.9 cm³/mol. The monoisotopic (exact) mass is 338 g/mol. The van der Waals surface area contributed by atoms with Crippen molar-refractivity contribution >= 4 is 33.2 Å². The summed E-state index contributed by atoms with van der Waals surface area (Å²) in [5, 5.41) is 3.55. The molecule has 0 aromatic heterocycles. The summed E-state index contributed by atoms with van der Waals surface area (Å²) in [7, 11) is -0.286. The molecule has 1 N–H and O–H groups in total. The molecule has 0 amide bonds. The quantitative estimate of drug-likeness (QED) is 0.867. The molecular formula is C13H20Cl2N2O2S. The Kier molecular flexibility index (Phi) is 6.28. The molecule has 0 atom stereocenters. The van der Waals surface area contributed by atoms with Crippen LogP contribution in [-0.4, -0.2) is 33.4 Å². The molecular weight excluding hydrogens is 319 g/mol. The van der Waals surface area contributed by atoms with Crippen LogP contribution in [0.3, 0.4) is 0 Å². The highest BCUT2D eigenvalue weighted by Gasteiger charge is 2.25. The zero-order chi connectivity index (χ0) is 15.5. The highest BCUT2D eigenvalue weighted by molar-refractivity contribution is 7.89. The van der Waals surface area contributed by atoms with Gasteiger partial charge in [0.05, 0.1) is 5.02 Å². The van der Waals surface area contributed by atoms with Crippen molar-refractivity contribution in [1.29, 1.82) is 0 Å². The Balaban J connectivity index is 3.27. The van der Waals surface area contributed by atoms with Crippen LogP contribution in [-0.2, 0) is 16.6 Å². The summed E-state index contributed by atoms with van der Waals surface area (Å²) in [6.07, 6.45) is 0. The standard InChI is InChI=1S/C13H20Cl2N2O2S/c1-9(2)8-17(4)20(18,19)13-5-10(7-16-3)11(14)6-12(13)15/h5-6,9,16H,7-8H2,1-4H3. The summed E-state index contributed by atoms with van der Waals surface area (Å²) in [4.78, 5) is 0.0944. The Labute approximate surface area is 131 Å². The second-order valence-electron chi connectivity index (χ2n) is 5.08. The maximum atomic E-state index is 12.5. The van der Waals surface area contributed by atoms with Crippen molar-refractivity contribution in [2.45, 2.75) is 25.3 Å². The molecule has 4 nitrogen and oxygen atoms in total. The number of sulfonamides is 1. The lowest BCUT2D eigenvalue weighted by molar-refractivity contribution is 0.417. The summed E-state index contributed by atoms with van der Waals surface area (Å²) in [6.45, 7) is 4.83. The van der Waals surface area contributed by atoms with Crippen molar-refractivity contribution in [2.24, 2.45) is 5.92 Å². The molecule has 7 heteroatoms. The number of nitrogens with zero attached hydrogens (tertiary/aromatic N) is 1. The average molecular weight is 339 g/mol. The normalized spacial score (nSPS) is 12.4. The third kappa shape index (κ3) is 4.09. The minimum absolute atomic E-state index is 0.0944. The van der Waals surface area contributed by atoms with E-state index < -0.39 is 10.0 Å². The number of benzene rings is 1. The molecule has 0 aliphatic heterocycles. The van der Waals surface area contributed by atoms with Crippen LogP contribution in [0.4, 0.5) is 0 Å². The van der Waals surface area contributed by atoms with Gasteiger partial charge in [-0.15, -0.1) is 0 Å². The molecule has 0 bridgehead atoms. The van der Waals surface area contributed by atoms with E-state index in [0.29, 0.717) is 23.7 Å². The van der Waals surface area contributed by atoms with Crippen molar-refractivity contribution in [3.63, 3.8) is 0 Å². The van der Waals surface area contributed by atoms with Crippen LogP contribution in [0.15, 0.2) is 17.0 Å². The largest absolute Gasteiger partial charge is 0.316 e. The Morgan fingerprint density at radius 1 is 1.25 bits per heavy atom. The number of nitrogens with one attached hydrogen (secondary N) is 1. The van der Waals surface area contributed by atoms with E-state index >= 15 is 0 Å². The molecule has 0 saturated heterocycles. The highest BCUT2D eigenvalue weighted by atomic mass is 35.5. The highest BCUT2D eigenvalue weighted by Crippen LogP contribution is 2.30. The van der Waals surface area contributed by atoms with Gasteiger partial charge in [0, 0.05) is 25.2 Å². The van der Waals surface area contributed by atoms with E-state index in [1.54, 1.807) is 14.1 Å². The molecule has 0 fully saturated rings. The fourth-order valence-corrected chi connectivity index (χ4v) is 4.04. The van der Waals surface area contributed by atoms with Crippen molar-refractivity contribution in [3.8, 4) is 0 Å². The minimum Gasteiger partial charge on any atom is -0.316 e. The first-order valence-corrected chi connectivity index (χ1v) is 8.48. The van der Waals surface area contributed by atoms with Crippen LogP contribution >= 0.6 is 23.2 Å². The van der Waals surface area contributed by atoms with Crippen LogP contribution in [0, 0.1) is 5.92 Å². The fourth-order valence-electron chi connectivity index (χ4n) is 1.88. The van der Waals surface area contributed by atoms with Crippen molar-refractivity contribution in [3.05, 3.63) is 27.7 Å². The van der Waals surface area contributed by atoms with Gasteiger partial charge in [0.1, 0.15) is 4.90 Å².